The van der Waals surface area contributed by atoms with E-state index in [-0.39, 0.29) is 11.5 Å². The number of hydrogen-bond acceptors (Lipinski definition) is 7. The van der Waals surface area contributed by atoms with Crippen molar-refractivity contribution >= 4 is 15.9 Å². The number of nitrogens with one attached hydrogen (secondary N) is 1. The number of rotatable bonds is 5. The van der Waals surface area contributed by atoms with Gasteiger partial charge in [0.2, 0.25) is 11.8 Å². The zero-order valence-corrected chi connectivity index (χ0v) is 18.6. The van der Waals surface area contributed by atoms with Crippen molar-refractivity contribution < 1.29 is 18.9 Å². The molecule has 0 spiro atoms. The number of fused-ring (bicyclic) bond motifs is 1. The van der Waals surface area contributed by atoms with Gasteiger partial charge in [-0.2, -0.15) is 5.26 Å². The number of allylic oxidation sites excluding steroid dienone is 1. The van der Waals surface area contributed by atoms with Gasteiger partial charge in [0.25, 0.3) is 0 Å². The summed E-state index contributed by atoms with van der Waals surface area (Å²) in [5.41, 5.74) is 9.33. The number of nitrogens with zero attached hydrogens (tertiary/aromatic N) is 2. The summed E-state index contributed by atoms with van der Waals surface area (Å²) in [6, 6.07) is 13.3. The first kappa shape index (κ1) is 20.6. The van der Waals surface area contributed by atoms with Gasteiger partial charge >= 0.3 is 0 Å². The van der Waals surface area contributed by atoms with Gasteiger partial charge in [0.1, 0.15) is 17.4 Å². The van der Waals surface area contributed by atoms with Gasteiger partial charge in [0, 0.05) is 10.0 Å². The van der Waals surface area contributed by atoms with Gasteiger partial charge in [-0.3, -0.25) is 5.10 Å². The fourth-order valence-electron chi connectivity index (χ4n) is 3.65. The van der Waals surface area contributed by atoms with Crippen molar-refractivity contribution in [3.05, 3.63) is 63.5 Å². The molecule has 1 aliphatic heterocycles. The third-order valence-electron chi connectivity index (χ3n) is 5.11. The van der Waals surface area contributed by atoms with E-state index in [2.05, 4.69) is 32.2 Å². The third kappa shape index (κ3) is 3.45. The van der Waals surface area contributed by atoms with Crippen LogP contribution in [0, 0.1) is 11.3 Å². The second-order valence-electron chi connectivity index (χ2n) is 6.70. The van der Waals surface area contributed by atoms with Crippen LogP contribution in [0.3, 0.4) is 0 Å². The molecule has 0 radical (unpaired) electrons. The van der Waals surface area contributed by atoms with Crippen LogP contribution in [0.25, 0.3) is 11.3 Å². The van der Waals surface area contributed by atoms with Crippen molar-refractivity contribution in [3.8, 4) is 40.5 Å². The maximum atomic E-state index is 9.93. The lowest BCUT2D eigenvalue weighted by atomic mass is 9.83. The molecule has 3 N–H and O–H groups in total. The Balaban J connectivity index is 1.98. The zero-order valence-electron chi connectivity index (χ0n) is 17.0. The summed E-state index contributed by atoms with van der Waals surface area (Å²) in [6.45, 7) is 0. The highest BCUT2D eigenvalue weighted by Gasteiger charge is 2.37. The molecule has 1 aliphatic rings. The number of benzene rings is 2. The second-order valence-corrected chi connectivity index (χ2v) is 7.56. The van der Waals surface area contributed by atoms with Gasteiger partial charge in [-0.15, -0.1) is 5.10 Å². The number of aromatic amines is 1. The average molecular weight is 483 g/mol. The maximum absolute atomic E-state index is 9.93. The van der Waals surface area contributed by atoms with E-state index in [1.54, 1.807) is 27.4 Å². The Morgan fingerprint density at radius 3 is 2.55 bits per heavy atom. The topological polar surface area (TPSA) is 115 Å². The Kier molecular flexibility index (Phi) is 5.48. The highest BCUT2D eigenvalue weighted by Crippen LogP contribution is 2.49. The molecule has 2 aromatic carbocycles. The van der Waals surface area contributed by atoms with Crippen molar-refractivity contribution in [2.75, 3.05) is 21.3 Å². The van der Waals surface area contributed by atoms with Gasteiger partial charge < -0.3 is 24.7 Å². The first-order valence-electron chi connectivity index (χ1n) is 9.24. The molecule has 1 atom stereocenters. The molecule has 4 rings (SSSR count). The fourth-order valence-corrected chi connectivity index (χ4v) is 4.20. The number of nitrogens with two attached hydrogens (primary N) is 1. The van der Waals surface area contributed by atoms with Crippen molar-refractivity contribution in [1.82, 2.24) is 10.2 Å². The minimum absolute atomic E-state index is 0.00498. The molecule has 0 fully saturated rings. The summed E-state index contributed by atoms with van der Waals surface area (Å²) in [5, 5.41) is 17.3. The Morgan fingerprint density at radius 1 is 1.13 bits per heavy atom. The maximum Gasteiger partial charge on any atom is 0.244 e. The standard InChI is InChI=1S/C22H19BrN4O4/c1-28-12-6-4-5-11(7-12)20-19-18(14(10-24)21(25)31-22(19)27-26-20)13-8-16(29-2)17(30-3)9-15(13)23/h4-9,18H,25H2,1-3H3,(H,26,27)/t18-/m0/s1. The predicted octanol–water partition coefficient (Wildman–Crippen LogP) is 4.08. The van der Waals surface area contributed by atoms with Crippen molar-refractivity contribution in [2.24, 2.45) is 5.73 Å². The number of H-pyrrole nitrogens is 1. The summed E-state index contributed by atoms with van der Waals surface area (Å²) in [7, 11) is 4.72. The van der Waals surface area contributed by atoms with Crippen LogP contribution >= 0.6 is 15.9 Å². The summed E-state index contributed by atoms with van der Waals surface area (Å²) >= 11 is 3.61. The third-order valence-corrected chi connectivity index (χ3v) is 5.80. The molecule has 0 amide bonds. The van der Waals surface area contributed by atoms with Gasteiger partial charge in [0.15, 0.2) is 11.5 Å². The van der Waals surface area contributed by atoms with Crippen LogP contribution in [0.1, 0.15) is 17.0 Å². The summed E-state index contributed by atoms with van der Waals surface area (Å²) in [5.74, 6) is 1.53. The van der Waals surface area contributed by atoms with E-state index in [9.17, 15) is 5.26 Å². The molecule has 0 saturated heterocycles. The molecule has 31 heavy (non-hydrogen) atoms. The smallest absolute Gasteiger partial charge is 0.244 e. The van der Waals surface area contributed by atoms with Crippen LogP contribution in [0.5, 0.6) is 23.1 Å². The van der Waals surface area contributed by atoms with Crippen LogP contribution in [0.2, 0.25) is 0 Å². The Hall–Kier alpha value is -3.64. The highest BCUT2D eigenvalue weighted by molar-refractivity contribution is 9.10. The molecule has 0 saturated carbocycles. The van der Waals surface area contributed by atoms with Crippen molar-refractivity contribution in [1.29, 1.82) is 5.26 Å². The van der Waals surface area contributed by atoms with Crippen LogP contribution in [-0.4, -0.2) is 31.5 Å². The molecule has 3 aromatic rings. The van der Waals surface area contributed by atoms with Crippen LogP contribution in [0.15, 0.2) is 52.3 Å². The van der Waals surface area contributed by atoms with E-state index in [4.69, 9.17) is 24.7 Å². The van der Waals surface area contributed by atoms with Crippen LogP contribution in [-0.2, 0) is 0 Å². The van der Waals surface area contributed by atoms with Gasteiger partial charge in [-0.1, -0.05) is 28.1 Å². The summed E-state index contributed by atoms with van der Waals surface area (Å²) in [4.78, 5) is 0. The first-order valence-corrected chi connectivity index (χ1v) is 10.0. The summed E-state index contributed by atoms with van der Waals surface area (Å²) in [6.07, 6.45) is 0. The van der Waals surface area contributed by atoms with Crippen molar-refractivity contribution in [2.45, 2.75) is 5.92 Å². The Bertz CT molecular complexity index is 1230. The number of ether oxygens (including phenoxy) is 4. The lowest BCUT2D eigenvalue weighted by Crippen LogP contribution is -2.21. The molecule has 0 aliphatic carbocycles. The van der Waals surface area contributed by atoms with E-state index in [1.165, 1.54) is 0 Å². The van der Waals surface area contributed by atoms with E-state index in [0.717, 1.165) is 15.6 Å². The fraction of sp³-hybridized carbons (Fsp3) is 0.182. The molecule has 1 aromatic heterocycles. The molecule has 9 heteroatoms. The van der Waals surface area contributed by atoms with Crippen molar-refractivity contribution in [3.63, 3.8) is 0 Å². The first-order chi connectivity index (χ1) is 15.0. The predicted molar refractivity (Wildman–Crippen MR) is 117 cm³/mol. The number of aromatic nitrogens is 2. The quantitative estimate of drug-likeness (QED) is 0.562. The van der Waals surface area contributed by atoms with Crippen LogP contribution < -0.4 is 24.7 Å². The van der Waals surface area contributed by atoms with E-state index < -0.39 is 5.92 Å². The zero-order chi connectivity index (χ0) is 22.1. The number of halogens is 1. The van der Waals surface area contributed by atoms with Gasteiger partial charge in [-0.25, -0.2) is 0 Å². The number of hydrogen-bond donors (Lipinski definition) is 2. The van der Waals surface area contributed by atoms with Crippen LogP contribution in [0.4, 0.5) is 0 Å². The van der Waals surface area contributed by atoms with E-state index in [1.807, 2.05) is 30.3 Å². The number of nitriles is 1. The lowest BCUT2D eigenvalue weighted by molar-refractivity contribution is 0.353. The molecule has 0 unspecified atom stereocenters. The largest absolute Gasteiger partial charge is 0.497 e. The molecular formula is C22H19BrN4O4. The highest BCUT2D eigenvalue weighted by atomic mass is 79.9. The number of methoxy groups -OCH3 is 3. The van der Waals surface area contributed by atoms with Gasteiger partial charge in [0.05, 0.1) is 38.5 Å². The minimum Gasteiger partial charge on any atom is -0.497 e. The SMILES string of the molecule is COc1cccc(-c2[nH]nc3c2[C@@H](c2cc(OC)c(OC)cc2Br)C(C#N)=C(N)O3)c1. The van der Waals surface area contributed by atoms with E-state index in [0.29, 0.717) is 34.4 Å². The second kappa shape index (κ2) is 8.24. The minimum atomic E-state index is -0.553. The van der Waals surface area contributed by atoms with E-state index >= 15 is 0 Å². The Morgan fingerprint density at radius 2 is 1.87 bits per heavy atom. The molecular weight excluding hydrogens is 464 g/mol. The average Bonchev–Trinajstić information content (AvgIpc) is 3.21. The molecule has 0 bridgehead atoms. The van der Waals surface area contributed by atoms with Gasteiger partial charge in [-0.05, 0) is 29.8 Å². The monoisotopic (exact) mass is 482 g/mol. The Labute approximate surface area is 187 Å². The molecule has 8 nitrogen and oxygen atoms in total. The lowest BCUT2D eigenvalue weighted by Gasteiger charge is -2.25. The molecule has 2 heterocycles. The molecule has 158 valence electrons. The normalized spacial score (nSPS) is 15.0. The summed E-state index contributed by atoms with van der Waals surface area (Å²) < 4.78 is 22.6.